The van der Waals surface area contributed by atoms with Crippen molar-refractivity contribution >= 4 is 34.4 Å². The van der Waals surface area contributed by atoms with E-state index in [4.69, 9.17) is 0 Å². The van der Waals surface area contributed by atoms with Gasteiger partial charge in [0, 0.05) is 22.2 Å². The smallest absolute Gasteiger partial charge is 0.0463 e. The Morgan fingerprint density at radius 1 is 1.16 bits per heavy atom. The molecule has 4 heteroatoms. The predicted octanol–water partition coefficient (Wildman–Crippen LogP) is 4.83. The van der Waals surface area contributed by atoms with E-state index in [2.05, 4.69) is 46.6 Å². The molecule has 0 aromatic carbocycles. The van der Waals surface area contributed by atoms with Gasteiger partial charge in [-0.25, -0.2) is 0 Å². The summed E-state index contributed by atoms with van der Waals surface area (Å²) in [5, 5.41) is 8.07. The molecule has 1 unspecified atom stereocenters. The molecule has 1 N–H and O–H groups in total. The second-order valence-corrected chi connectivity index (χ2v) is 7.50. The van der Waals surface area contributed by atoms with E-state index in [9.17, 15) is 0 Å². The lowest BCUT2D eigenvalue weighted by Gasteiger charge is -2.16. The van der Waals surface area contributed by atoms with E-state index in [-0.39, 0.29) is 0 Å². The predicted molar refractivity (Wildman–Crippen MR) is 90.7 cm³/mol. The largest absolute Gasteiger partial charge is 0.309 e. The minimum Gasteiger partial charge on any atom is -0.309 e. The molecule has 0 amide bonds. The van der Waals surface area contributed by atoms with Crippen LogP contribution in [0.4, 0.5) is 0 Å². The SMILES string of the molecule is CSCCCCNC(Cc1cccs1)c1cccs1. The summed E-state index contributed by atoms with van der Waals surface area (Å²) in [6.07, 6.45) is 5.87. The average Bonchev–Trinajstić information content (AvgIpc) is 3.10. The first-order valence-corrected chi connectivity index (χ1v) is 9.83. The van der Waals surface area contributed by atoms with Crippen molar-refractivity contribution in [3.8, 4) is 0 Å². The Bertz CT molecular complexity index is 422. The Hall–Kier alpha value is -0.290. The van der Waals surface area contributed by atoms with Gasteiger partial charge in [0.05, 0.1) is 0 Å². The molecular formula is C15H21NS3. The molecule has 2 aromatic heterocycles. The summed E-state index contributed by atoms with van der Waals surface area (Å²) in [6, 6.07) is 9.26. The Kier molecular flexibility index (Phi) is 6.99. The van der Waals surface area contributed by atoms with E-state index in [0.717, 1.165) is 13.0 Å². The molecular weight excluding hydrogens is 290 g/mol. The maximum Gasteiger partial charge on any atom is 0.0463 e. The van der Waals surface area contributed by atoms with Crippen molar-refractivity contribution in [2.75, 3.05) is 18.6 Å². The molecule has 0 fully saturated rings. The molecule has 0 radical (unpaired) electrons. The van der Waals surface area contributed by atoms with E-state index in [1.165, 1.54) is 28.3 Å². The Morgan fingerprint density at radius 2 is 2.00 bits per heavy atom. The summed E-state index contributed by atoms with van der Waals surface area (Å²) < 4.78 is 0. The first kappa shape index (κ1) is 15.1. The number of nitrogens with one attached hydrogen (secondary N) is 1. The van der Waals surface area contributed by atoms with Crippen molar-refractivity contribution in [1.82, 2.24) is 5.32 Å². The van der Waals surface area contributed by atoms with Crippen LogP contribution in [-0.4, -0.2) is 18.6 Å². The van der Waals surface area contributed by atoms with Crippen LogP contribution in [0, 0.1) is 0 Å². The number of unbranched alkanes of at least 4 members (excludes halogenated alkanes) is 1. The van der Waals surface area contributed by atoms with Crippen LogP contribution >= 0.6 is 34.4 Å². The highest BCUT2D eigenvalue weighted by Crippen LogP contribution is 2.24. The summed E-state index contributed by atoms with van der Waals surface area (Å²) >= 11 is 5.65. The van der Waals surface area contributed by atoms with Gasteiger partial charge < -0.3 is 5.32 Å². The van der Waals surface area contributed by atoms with Crippen LogP contribution in [-0.2, 0) is 6.42 Å². The number of thiophene rings is 2. The summed E-state index contributed by atoms with van der Waals surface area (Å²) in [6.45, 7) is 1.12. The fourth-order valence-corrected chi connectivity index (χ4v) is 4.09. The number of hydrogen-bond acceptors (Lipinski definition) is 4. The lowest BCUT2D eigenvalue weighted by Crippen LogP contribution is -2.23. The molecule has 0 saturated carbocycles. The molecule has 1 nitrogen and oxygen atoms in total. The zero-order valence-electron chi connectivity index (χ0n) is 11.3. The maximum atomic E-state index is 3.73. The van der Waals surface area contributed by atoms with E-state index in [0.29, 0.717) is 6.04 Å². The quantitative estimate of drug-likeness (QED) is 0.666. The second-order valence-electron chi connectivity index (χ2n) is 4.51. The Morgan fingerprint density at radius 3 is 2.68 bits per heavy atom. The van der Waals surface area contributed by atoms with Crippen LogP contribution in [0.15, 0.2) is 35.0 Å². The highest BCUT2D eigenvalue weighted by atomic mass is 32.2. The van der Waals surface area contributed by atoms with Crippen LogP contribution in [0.25, 0.3) is 0 Å². The van der Waals surface area contributed by atoms with Gasteiger partial charge in [0.1, 0.15) is 0 Å². The van der Waals surface area contributed by atoms with Gasteiger partial charge >= 0.3 is 0 Å². The van der Waals surface area contributed by atoms with Crippen LogP contribution in [0.3, 0.4) is 0 Å². The molecule has 0 spiro atoms. The monoisotopic (exact) mass is 311 g/mol. The highest BCUT2D eigenvalue weighted by molar-refractivity contribution is 7.98. The summed E-state index contributed by atoms with van der Waals surface area (Å²) in [4.78, 5) is 2.92. The second kappa shape index (κ2) is 8.80. The molecule has 19 heavy (non-hydrogen) atoms. The molecule has 0 saturated heterocycles. The molecule has 1 atom stereocenters. The minimum absolute atomic E-state index is 0.480. The lowest BCUT2D eigenvalue weighted by molar-refractivity contribution is 0.528. The van der Waals surface area contributed by atoms with Gasteiger partial charge in [0.25, 0.3) is 0 Å². The van der Waals surface area contributed by atoms with Crippen LogP contribution in [0.2, 0.25) is 0 Å². The van der Waals surface area contributed by atoms with Crippen molar-refractivity contribution in [2.45, 2.75) is 25.3 Å². The van der Waals surface area contributed by atoms with Crippen LogP contribution < -0.4 is 5.32 Å². The number of hydrogen-bond donors (Lipinski definition) is 1. The van der Waals surface area contributed by atoms with E-state index in [1.54, 1.807) is 0 Å². The number of thioether (sulfide) groups is 1. The van der Waals surface area contributed by atoms with Gasteiger partial charge in [-0.3, -0.25) is 0 Å². The van der Waals surface area contributed by atoms with Gasteiger partial charge in [0.2, 0.25) is 0 Å². The molecule has 0 aliphatic rings. The standard InChI is InChI=1S/C15H21NS3/c1-17-9-3-2-8-16-14(15-7-5-11-19-15)12-13-6-4-10-18-13/h4-7,10-11,14,16H,2-3,8-9,12H2,1H3. The number of rotatable bonds is 9. The van der Waals surface area contributed by atoms with Gasteiger partial charge in [-0.2, -0.15) is 11.8 Å². The molecule has 2 heterocycles. The summed E-state index contributed by atoms with van der Waals surface area (Å²) in [7, 11) is 0. The van der Waals surface area contributed by atoms with Gasteiger partial charge in [-0.15, -0.1) is 22.7 Å². The van der Waals surface area contributed by atoms with E-state index < -0.39 is 0 Å². The summed E-state index contributed by atoms with van der Waals surface area (Å²) in [5.74, 6) is 1.27. The maximum absolute atomic E-state index is 3.73. The topological polar surface area (TPSA) is 12.0 Å². The van der Waals surface area contributed by atoms with Crippen LogP contribution in [0.5, 0.6) is 0 Å². The third kappa shape index (κ3) is 5.30. The van der Waals surface area contributed by atoms with E-state index in [1.807, 2.05) is 34.4 Å². The van der Waals surface area contributed by atoms with Gasteiger partial charge in [-0.1, -0.05) is 12.1 Å². The summed E-state index contributed by atoms with van der Waals surface area (Å²) in [5.41, 5.74) is 0. The fourth-order valence-electron chi connectivity index (χ4n) is 2.04. The van der Waals surface area contributed by atoms with Crippen molar-refractivity contribution in [1.29, 1.82) is 0 Å². The van der Waals surface area contributed by atoms with Crippen molar-refractivity contribution in [2.24, 2.45) is 0 Å². The molecule has 0 bridgehead atoms. The average molecular weight is 312 g/mol. The lowest BCUT2D eigenvalue weighted by atomic mass is 10.1. The Balaban J connectivity index is 1.84. The third-order valence-corrected chi connectivity index (χ3v) is 5.62. The van der Waals surface area contributed by atoms with Crippen LogP contribution in [0.1, 0.15) is 28.6 Å². The zero-order chi connectivity index (χ0) is 13.3. The van der Waals surface area contributed by atoms with Gasteiger partial charge in [0.15, 0.2) is 0 Å². The molecule has 104 valence electrons. The third-order valence-electron chi connectivity index (χ3n) is 3.04. The van der Waals surface area contributed by atoms with E-state index >= 15 is 0 Å². The molecule has 2 aromatic rings. The fraction of sp³-hybridized carbons (Fsp3) is 0.467. The highest BCUT2D eigenvalue weighted by Gasteiger charge is 2.13. The first-order chi connectivity index (χ1) is 9.40. The van der Waals surface area contributed by atoms with Crippen molar-refractivity contribution in [3.63, 3.8) is 0 Å². The first-order valence-electron chi connectivity index (χ1n) is 6.68. The molecule has 2 rings (SSSR count). The Labute approximate surface area is 128 Å². The molecule has 0 aliphatic heterocycles. The normalized spacial score (nSPS) is 12.7. The minimum atomic E-state index is 0.480. The van der Waals surface area contributed by atoms with Crippen molar-refractivity contribution < 1.29 is 0 Å². The molecule has 0 aliphatic carbocycles. The van der Waals surface area contributed by atoms with Crippen molar-refractivity contribution in [3.05, 3.63) is 44.8 Å². The zero-order valence-corrected chi connectivity index (χ0v) is 13.8. The van der Waals surface area contributed by atoms with Gasteiger partial charge in [-0.05, 0) is 54.3 Å².